The van der Waals surface area contributed by atoms with Crippen molar-refractivity contribution in [1.82, 2.24) is 0 Å². The van der Waals surface area contributed by atoms with Crippen LogP contribution in [0, 0.1) is 0 Å². The Hall–Kier alpha value is -2.62. The van der Waals surface area contributed by atoms with Gasteiger partial charge in [0.15, 0.2) is 0 Å². The van der Waals surface area contributed by atoms with Gasteiger partial charge in [-0.3, -0.25) is 0 Å². The number of aliphatic hydroxyl groups is 1. The Morgan fingerprint density at radius 1 is 0.0909 bits per heavy atom. The van der Waals surface area contributed by atoms with Crippen LogP contribution in [0.4, 0.5) is 0 Å². The minimum absolute atomic E-state index is 0.0142. The van der Waals surface area contributed by atoms with E-state index in [9.17, 15) is 0 Å². The molecule has 0 fully saturated rings. The quantitative estimate of drug-likeness (QED) is 0.0910. The number of benzene rings is 1. The Morgan fingerprint density at radius 3 is 0.238 bits per heavy atom. The third kappa shape index (κ3) is 130. The Balaban J connectivity index is 1.57. The van der Waals surface area contributed by atoms with Crippen molar-refractivity contribution in [3.63, 3.8) is 0 Å². The van der Waals surface area contributed by atoms with Gasteiger partial charge in [0.25, 0.3) is 0 Å². The smallest absolute Gasteiger partial charge is 0.0718 e. The Kier molecular flexibility index (Phi) is 129. The molecule has 0 spiro atoms. The zero-order chi connectivity index (χ0) is 101. The average molecular weight is 2090 g/mol. The summed E-state index contributed by atoms with van der Waals surface area (Å²) in [6.07, 6.45) is 0. The van der Waals surface area contributed by atoms with Crippen LogP contribution in [0.3, 0.4) is 0 Å². The van der Waals surface area contributed by atoms with Gasteiger partial charge in [0.2, 0.25) is 0 Å². The first-order valence-electron chi connectivity index (χ1n) is 51.1. The summed E-state index contributed by atoms with van der Waals surface area (Å²) in [7, 11) is 0. The van der Waals surface area contributed by atoms with Crippen molar-refractivity contribution in [3.05, 3.63) is 35.9 Å². The van der Waals surface area contributed by atoms with Crippen LogP contribution < -0.4 is 0 Å². The lowest BCUT2D eigenvalue weighted by Gasteiger charge is -2.09. The predicted molar refractivity (Wildman–Crippen MR) is 519 cm³/mol. The monoisotopic (exact) mass is 2090 g/mol. The third-order valence-corrected chi connectivity index (χ3v) is 17.7. The summed E-state index contributed by atoms with van der Waals surface area (Å²) >= 11 is 0. The molecule has 1 aromatic carbocycles. The molecule has 852 valence electrons. The normalized spacial score (nSPS) is 11.8. The van der Waals surface area contributed by atoms with Gasteiger partial charge in [-0.1, -0.05) is 30.3 Å². The second-order valence-corrected chi connectivity index (χ2v) is 29.2. The van der Waals surface area contributed by atoms with Crippen LogP contribution >= 0.6 is 0 Å². The number of rotatable bonds is 136. The third-order valence-electron chi connectivity index (χ3n) is 17.7. The van der Waals surface area contributed by atoms with Crippen LogP contribution in [0.25, 0.3) is 0 Å². The number of hydrogen-bond acceptors (Lipinski definition) is 46. The summed E-state index contributed by atoms with van der Waals surface area (Å²) in [6.45, 7) is 43.2. The number of aliphatic hydroxyl groups excluding tert-OH is 1. The molecular formula is C97H188O46. The van der Waals surface area contributed by atoms with E-state index in [4.69, 9.17) is 218 Å². The molecule has 1 aromatic rings. The fraction of sp³-hybridized carbons (Fsp3) is 0.938. The van der Waals surface area contributed by atoms with Gasteiger partial charge in [0.05, 0.1) is 601 Å². The molecule has 0 aliphatic carbocycles. The molecular weight excluding hydrogens is 1900 g/mol. The standard InChI is InChI=1S/C97H188O46/c98-6-7-99-8-9-100-10-11-101-12-13-102-14-15-103-16-17-104-18-19-105-20-21-106-22-23-107-24-25-108-26-27-109-28-29-110-30-31-111-32-33-112-34-35-113-36-37-114-38-39-115-40-41-116-42-43-117-44-45-118-46-47-119-48-49-120-50-51-121-52-53-122-54-55-123-56-57-124-58-59-125-60-61-126-62-63-127-64-65-128-66-67-129-68-69-130-70-71-131-72-73-132-74-75-133-76-77-134-78-79-135-80-81-136-82-83-137-84-85-138-86-87-139-88-89-140-90-91-141-92-93-142-94-95-143-96-97-4-2-1-3-5-97/h1-5,98H,6-96H2. The van der Waals surface area contributed by atoms with Crippen LogP contribution in [0.5, 0.6) is 0 Å². The van der Waals surface area contributed by atoms with E-state index < -0.39 is 0 Å². The van der Waals surface area contributed by atoms with E-state index >= 15 is 0 Å². The zero-order valence-corrected chi connectivity index (χ0v) is 86.6. The van der Waals surface area contributed by atoms with Crippen molar-refractivity contribution in [2.45, 2.75) is 6.61 Å². The molecule has 0 saturated carbocycles. The lowest BCUT2D eigenvalue weighted by molar-refractivity contribution is -0.0330. The van der Waals surface area contributed by atoms with Gasteiger partial charge < -0.3 is 218 Å². The molecule has 1 N–H and O–H groups in total. The molecule has 1 rings (SSSR count). The van der Waals surface area contributed by atoms with Crippen LogP contribution in [0.2, 0.25) is 0 Å². The van der Waals surface area contributed by atoms with Crippen molar-refractivity contribution in [2.75, 3.05) is 595 Å². The summed E-state index contributed by atoms with van der Waals surface area (Å²) in [5, 5.41) is 8.63. The zero-order valence-electron chi connectivity index (χ0n) is 86.6. The van der Waals surface area contributed by atoms with Crippen molar-refractivity contribution in [2.24, 2.45) is 0 Å². The molecule has 0 aromatic heterocycles. The van der Waals surface area contributed by atoms with Gasteiger partial charge in [-0.25, -0.2) is 0 Å². The average Bonchev–Trinajstić information content (AvgIpc) is 0.963. The molecule has 0 aliphatic rings. The summed E-state index contributed by atoms with van der Waals surface area (Å²) < 4.78 is 249. The van der Waals surface area contributed by atoms with Crippen LogP contribution in [0.15, 0.2) is 30.3 Å². The molecule has 0 radical (unpaired) electrons. The highest BCUT2D eigenvalue weighted by atomic mass is 16.7. The first-order valence-corrected chi connectivity index (χ1v) is 51.1. The maximum absolute atomic E-state index is 8.63. The van der Waals surface area contributed by atoms with E-state index in [-0.39, 0.29) is 6.61 Å². The van der Waals surface area contributed by atoms with Crippen LogP contribution in [0.1, 0.15) is 5.56 Å². The molecule has 0 bridgehead atoms. The minimum Gasteiger partial charge on any atom is -0.394 e. The highest BCUT2D eigenvalue weighted by molar-refractivity contribution is 5.13. The van der Waals surface area contributed by atoms with Gasteiger partial charge in [-0.15, -0.1) is 0 Å². The Labute approximate surface area is 852 Å². The minimum atomic E-state index is 0.0142. The van der Waals surface area contributed by atoms with Gasteiger partial charge in [0.1, 0.15) is 0 Å². The molecule has 46 nitrogen and oxygen atoms in total. The highest BCUT2D eigenvalue weighted by Gasteiger charge is 2.07. The first-order chi connectivity index (χ1) is 71.4. The fourth-order valence-electron chi connectivity index (χ4n) is 10.5. The largest absolute Gasteiger partial charge is 0.394 e. The number of hydrogen-bond donors (Lipinski definition) is 1. The van der Waals surface area contributed by atoms with Gasteiger partial charge in [-0.05, 0) is 5.56 Å². The molecule has 0 atom stereocenters. The van der Waals surface area contributed by atoms with Crippen molar-refractivity contribution >= 4 is 0 Å². The molecule has 143 heavy (non-hydrogen) atoms. The van der Waals surface area contributed by atoms with E-state index in [1.807, 2.05) is 30.3 Å². The topological polar surface area (TPSA) is 436 Å². The van der Waals surface area contributed by atoms with E-state index in [0.29, 0.717) is 595 Å². The molecule has 0 unspecified atom stereocenters. The Bertz CT molecular complexity index is 2160. The molecule has 0 amide bonds. The highest BCUT2D eigenvalue weighted by Crippen LogP contribution is 2.02. The van der Waals surface area contributed by atoms with E-state index in [1.54, 1.807) is 0 Å². The maximum atomic E-state index is 8.63. The van der Waals surface area contributed by atoms with Gasteiger partial charge >= 0.3 is 0 Å². The second-order valence-electron chi connectivity index (χ2n) is 29.2. The van der Waals surface area contributed by atoms with E-state index in [2.05, 4.69) is 0 Å². The van der Waals surface area contributed by atoms with Gasteiger partial charge in [0, 0.05) is 0 Å². The fourth-order valence-corrected chi connectivity index (χ4v) is 10.5. The predicted octanol–water partition coefficient (Wildman–Crippen LogP) is 1.93. The lowest BCUT2D eigenvalue weighted by atomic mass is 10.2. The summed E-state index contributed by atoms with van der Waals surface area (Å²) in [5.74, 6) is 0. The summed E-state index contributed by atoms with van der Waals surface area (Å²) in [6, 6.07) is 10.1. The first kappa shape index (κ1) is 138. The second kappa shape index (κ2) is 134. The molecule has 0 aliphatic heterocycles. The molecule has 46 heteroatoms. The number of ether oxygens (including phenoxy) is 45. The molecule has 0 heterocycles. The van der Waals surface area contributed by atoms with Crippen molar-refractivity contribution in [3.8, 4) is 0 Å². The van der Waals surface area contributed by atoms with Gasteiger partial charge in [-0.2, -0.15) is 0 Å². The Morgan fingerprint density at radius 2 is 0.161 bits per heavy atom. The lowest BCUT2D eigenvalue weighted by Crippen LogP contribution is -2.16. The maximum Gasteiger partial charge on any atom is 0.0718 e. The summed E-state index contributed by atoms with van der Waals surface area (Å²) in [5.41, 5.74) is 1.15. The van der Waals surface area contributed by atoms with Crippen LogP contribution in [-0.2, 0) is 220 Å². The van der Waals surface area contributed by atoms with E-state index in [0.717, 1.165) is 5.56 Å². The van der Waals surface area contributed by atoms with Crippen molar-refractivity contribution in [1.29, 1.82) is 0 Å². The molecule has 0 saturated heterocycles. The van der Waals surface area contributed by atoms with Crippen molar-refractivity contribution < 1.29 is 218 Å². The van der Waals surface area contributed by atoms with E-state index in [1.165, 1.54) is 0 Å². The summed E-state index contributed by atoms with van der Waals surface area (Å²) in [4.78, 5) is 0. The van der Waals surface area contributed by atoms with Crippen LogP contribution in [-0.4, -0.2) is 600 Å². The SMILES string of the molecule is OCCOCCOCCOCCOCCOCCOCCOCCOCCOCCOCCOCCOCCOCCOCCOCCOCCOCCOCCOCCOCCOCCOCCOCCOCCOCCOCCOCCOCCOCCOCCOCCOCCOCCOCCOCCOCCOCCOCCOCCOCCOCCOCCOCCOCCOCc1ccccc1.